The van der Waals surface area contributed by atoms with E-state index in [4.69, 9.17) is 4.52 Å². The largest absolute Gasteiger partial charge is 0.434 e. The van der Waals surface area contributed by atoms with E-state index in [-0.39, 0.29) is 5.01 Å². The van der Waals surface area contributed by atoms with Crippen LogP contribution in [-0.2, 0) is 6.18 Å². The molecule has 5 nitrogen and oxygen atoms in total. The Morgan fingerprint density at radius 1 is 1.45 bits per heavy atom. The van der Waals surface area contributed by atoms with Crippen LogP contribution in [0.3, 0.4) is 0 Å². The van der Waals surface area contributed by atoms with Crippen LogP contribution in [0.2, 0.25) is 0 Å². The van der Waals surface area contributed by atoms with Crippen molar-refractivity contribution >= 4 is 17.2 Å². The van der Waals surface area contributed by atoms with E-state index in [0.717, 1.165) is 16.7 Å². The van der Waals surface area contributed by atoms with E-state index in [0.29, 0.717) is 23.4 Å². The van der Waals surface area contributed by atoms with Crippen molar-refractivity contribution in [2.45, 2.75) is 39.4 Å². The summed E-state index contributed by atoms with van der Waals surface area (Å²) in [6.07, 6.45) is -4.07. The first kappa shape index (κ1) is 16.5. The first-order valence-electron chi connectivity index (χ1n) is 6.50. The number of hydrogen-bond donors (Lipinski definition) is 1. The van der Waals surface area contributed by atoms with Crippen molar-refractivity contribution in [1.82, 2.24) is 15.5 Å². The zero-order valence-corrected chi connectivity index (χ0v) is 12.9. The van der Waals surface area contributed by atoms with Gasteiger partial charge in [0.1, 0.15) is 16.3 Å². The summed E-state index contributed by atoms with van der Waals surface area (Å²) in [7, 11) is 0. The molecule has 0 aliphatic heterocycles. The third-order valence-corrected chi connectivity index (χ3v) is 4.04. The third kappa shape index (κ3) is 3.29. The monoisotopic (exact) mass is 333 g/mol. The van der Waals surface area contributed by atoms with Gasteiger partial charge in [-0.2, -0.15) is 13.2 Å². The molecule has 120 valence electrons. The molecule has 0 saturated carbocycles. The van der Waals surface area contributed by atoms with Gasteiger partial charge < -0.3 is 9.84 Å². The molecule has 1 atom stereocenters. The quantitative estimate of drug-likeness (QED) is 0.927. The minimum atomic E-state index is -4.49. The summed E-state index contributed by atoms with van der Waals surface area (Å²) < 4.78 is 42.7. The SMILES string of the molecule is CC[C@H](NC(=O)c1c(C)noc1C)c1nc(C(F)(F)F)cs1. The first-order chi connectivity index (χ1) is 10.2. The third-order valence-electron chi connectivity index (χ3n) is 3.08. The van der Waals surface area contributed by atoms with Gasteiger partial charge in [-0.3, -0.25) is 4.79 Å². The highest BCUT2D eigenvalue weighted by Gasteiger charge is 2.34. The maximum atomic E-state index is 12.6. The Hall–Kier alpha value is -1.90. The molecular weight excluding hydrogens is 319 g/mol. The molecule has 1 N–H and O–H groups in total. The summed E-state index contributed by atoms with van der Waals surface area (Å²) in [5, 5.41) is 7.52. The van der Waals surface area contributed by atoms with E-state index < -0.39 is 23.8 Å². The molecule has 0 aliphatic rings. The van der Waals surface area contributed by atoms with Gasteiger partial charge in [0, 0.05) is 5.38 Å². The van der Waals surface area contributed by atoms with Crippen LogP contribution in [0.5, 0.6) is 0 Å². The van der Waals surface area contributed by atoms with E-state index >= 15 is 0 Å². The number of rotatable bonds is 4. The smallest absolute Gasteiger partial charge is 0.361 e. The fourth-order valence-electron chi connectivity index (χ4n) is 1.95. The van der Waals surface area contributed by atoms with Crippen LogP contribution >= 0.6 is 11.3 Å². The number of aryl methyl sites for hydroxylation is 2. The van der Waals surface area contributed by atoms with Crippen molar-refractivity contribution in [2.75, 3.05) is 0 Å². The van der Waals surface area contributed by atoms with Crippen molar-refractivity contribution in [1.29, 1.82) is 0 Å². The van der Waals surface area contributed by atoms with Crippen molar-refractivity contribution in [3.63, 3.8) is 0 Å². The predicted molar refractivity (Wildman–Crippen MR) is 73.6 cm³/mol. The summed E-state index contributed by atoms with van der Waals surface area (Å²) in [6, 6.07) is -0.595. The van der Waals surface area contributed by atoms with Crippen LogP contribution in [0.4, 0.5) is 13.2 Å². The lowest BCUT2D eigenvalue weighted by Crippen LogP contribution is -2.29. The highest BCUT2D eigenvalue weighted by atomic mass is 32.1. The average molecular weight is 333 g/mol. The van der Waals surface area contributed by atoms with Gasteiger partial charge in [0.25, 0.3) is 5.91 Å². The number of alkyl halides is 3. The van der Waals surface area contributed by atoms with Crippen molar-refractivity contribution in [3.05, 3.63) is 33.1 Å². The molecule has 0 aromatic carbocycles. The number of aromatic nitrogens is 2. The number of nitrogens with zero attached hydrogens (tertiary/aromatic N) is 2. The molecule has 0 aliphatic carbocycles. The minimum absolute atomic E-state index is 0.218. The van der Waals surface area contributed by atoms with Crippen molar-refractivity contribution in [3.8, 4) is 0 Å². The van der Waals surface area contributed by atoms with Gasteiger partial charge >= 0.3 is 6.18 Å². The lowest BCUT2D eigenvalue weighted by atomic mass is 10.1. The second-order valence-electron chi connectivity index (χ2n) is 4.70. The normalized spacial score (nSPS) is 13.2. The Balaban J connectivity index is 2.19. The van der Waals surface area contributed by atoms with E-state index in [2.05, 4.69) is 15.5 Å². The van der Waals surface area contributed by atoms with Crippen LogP contribution in [0, 0.1) is 13.8 Å². The van der Waals surface area contributed by atoms with Crippen molar-refractivity contribution in [2.24, 2.45) is 0 Å². The topological polar surface area (TPSA) is 68.0 Å². The molecule has 0 fully saturated rings. The summed E-state index contributed by atoms with van der Waals surface area (Å²) in [6.45, 7) is 4.98. The van der Waals surface area contributed by atoms with E-state index in [1.807, 2.05) is 0 Å². The summed E-state index contributed by atoms with van der Waals surface area (Å²) in [5.74, 6) is -0.0770. The van der Waals surface area contributed by atoms with Crippen LogP contribution < -0.4 is 5.32 Å². The Morgan fingerprint density at radius 3 is 2.59 bits per heavy atom. The number of amides is 1. The van der Waals surface area contributed by atoms with Gasteiger partial charge in [-0.15, -0.1) is 11.3 Å². The Morgan fingerprint density at radius 2 is 2.14 bits per heavy atom. The summed E-state index contributed by atoms with van der Waals surface area (Å²) in [4.78, 5) is 15.8. The second kappa shape index (κ2) is 6.07. The molecule has 2 aromatic rings. The summed E-state index contributed by atoms with van der Waals surface area (Å²) >= 11 is 0.872. The molecule has 22 heavy (non-hydrogen) atoms. The van der Waals surface area contributed by atoms with Crippen LogP contribution in [0.1, 0.15) is 51.9 Å². The number of carbonyl (C=O) groups is 1. The van der Waals surface area contributed by atoms with E-state index in [1.54, 1.807) is 20.8 Å². The molecule has 0 spiro atoms. The highest BCUT2D eigenvalue weighted by Crippen LogP contribution is 2.32. The molecule has 2 aromatic heterocycles. The lowest BCUT2D eigenvalue weighted by Gasteiger charge is -2.14. The molecule has 0 unspecified atom stereocenters. The number of nitrogens with one attached hydrogen (secondary N) is 1. The van der Waals surface area contributed by atoms with Gasteiger partial charge in [-0.1, -0.05) is 12.1 Å². The molecule has 1 amide bonds. The Labute approximate surface area is 128 Å². The standard InChI is InChI=1S/C13H14F3N3O2S/c1-4-8(12-18-9(5-22-12)13(14,15)16)17-11(20)10-6(2)19-21-7(10)3/h5,8H,4H2,1-3H3,(H,17,20)/t8-/m0/s1. The van der Waals surface area contributed by atoms with Gasteiger partial charge in [0.05, 0.1) is 11.7 Å². The number of halogens is 3. The van der Waals surface area contributed by atoms with E-state index in [1.165, 1.54) is 0 Å². The number of thiazole rings is 1. The maximum absolute atomic E-state index is 12.6. The zero-order chi connectivity index (χ0) is 16.5. The van der Waals surface area contributed by atoms with Crippen LogP contribution in [-0.4, -0.2) is 16.0 Å². The van der Waals surface area contributed by atoms with Gasteiger partial charge in [0.2, 0.25) is 0 Å². The molecule has 2 rings (SSSR count). The molecule has 0 saturated heterocycles. The first-order valence-corrected chi connectivity index (χ1v) is 7.38. The van der Waals surface area contributed by atoms with Gasteiger partial charge in [0.15, 0.2) is 5.69 Å². The molecular formula is C13H14F3N3O2S. The number of carbonyl (C=O) groups excluding carboxylic acids is 1. The second-order valence-corrected chi connectivity index (χ2v) is 5.59. The molecule has 2 heterocycles. The lowest BCUT2D eigenvalue weighted by molar-refractivity contribution is -0.140. The van der Waals surface area contributed by atoms with Gasteiger partial charge in [-0.25, -0.2) is 4.98 Å². The predicted octanol–water partition coefficient (Wildman–Crippen LogP) is 3.65. The Kier molecular flexibility index (Phi) is 4.55. The van der Waals surface area contributed by atoms with Crippen LogP contribution in [0.25, 0.3) is 0 Å². The molecule has 0 radical (unpaired) electrons. The minimum Gasteiger partial charge on any atom is -0.361 e. The molecule has 0 bridgehead atoms. The van der Waals surface area contributed by atoms with Crippen LogP contribution in [0.15, 0.2) is 9.90 Å². The fraction of sp³-hybridized carbons (Fsp3) is 0.462. The maximum Gasteiger partial charge on any atom is 0.434 e. The zero-order valence-electron chi connectivity index (χ0n) is 12.1. The highest BCUT2D eigenvalue weighted by molar-refractivity contribution is 7.09. The average Bonchev–Trinajstić information content (AvgIpc) is 3.03. The van der Waals surface area contributed by atoms with Gasteiger partial charge in [-0.05, 0) is 20.3 Å². The fourth-order valence-corrected chi connectivity index (χ4v) is 2.91. The van der Waals surface area contributed by atoms with Crippen molar-refractivity contribution < 1.29 is 22.5 Å². The summed E-state index contributed by atoms with van der Waals surface area (Å²) in [5.41, 5.74) is -0.219. The Bertz CT molecular complexity index is 659. The van der Waals surface area contributed by atoms with E-state index in [9.17, 15) is 18.0 Å². The molecule has 9 heteroatoms. The number of hydrogen-bond acceptors (Lipinski definition) is 5.